The van der Waals surface area contributed by atoms with Crippen LogP contribution < -0.4 is 5.43 Å². The van der Waals surface area contributed by atoms with Crippen molar-refractivity contribution in [2.24, 2.45) is 0 Å². The molecular formula is C14H12N2O2. The van der Waals surface area contributed by atoms with Crippen molar-refractivity contribution in [3.63, 3.8) is 0 Å². The minimum atomic E-state index is -0.560. The van der Waals surface area contributed by atoms with Crippen LogP contribution in [0.3, 0.4) is 0 Å². The van der Waals surface area contributed by atoms with Crippen LogP contribution in [0.1, 0.15) is 11.1 Å². The Morgan fingerprint density at radius 1 is 0.944 bits per heavy atom. The number of rotatable bonds is 4. The van der Waals surface area contributed by atoms with Gasteiger partial charge in [0.25, 0.3) is 0 Å². The molecule has 4 heteroatoms. The van der Waals surface area contributed by atoms with Gasteiger partial charge in [0.05, 0.1) is 0 Å². The summed E-state index contributed by atoms with van der Waals surface area (Å²) in [4.78, 5) is 10.5. The molecule has 18 heavy (non-hydrogen) atoms. The highest BCUT2D eigenvalue weighted by molar-refractivity contribution is 5.76. The van der Waals surface area contributed by atoms with Crippen LogP contribution in [0.4, 0.5) is 5.69 Å². The summed E-state index contributed by atoms with van der Waals surface area (Å²) in [5, 5.41) is 9.91. The molecule has 1 N–H and O–H groups in total. The van der Waals surface area contributed by atoms with Crippen LogP contribution in [-0.4, -0.2) is 5.03 Å². The number of nitro groups is 1. The Balaban J connectivity index is 2.23. The molecule has 0 heterocycles. The first-order chi connectivity index (χ1) is 8.75. The molecule has 2 aromatic carbocycles. The second kappa shape index (κ2) is 5.63. The van der Waals surface area contributed by atoms with Crippen molar-refractivity contribution in [3.05, 3.63) is 75.8 Å². The molecule has 0 unspecified atom stereocenters. The van der Waals surface area contributed by atoms with Crippen LogP contribution in [0.2, 0.25) is 0 Å². The van der Waals surface area contributed by atoms with Crippen molar-refractivity contribution in [2.75, 3.05) is 5.43 Å². The monoisotopic (exact) mass is 240 g/mol. The van der Waals surface area contributed by atoms with Gasteiger partial charge in [-0.2, -0.15) is 0 Å². The lowest BCUT2D eigenvalue weighted by atomic mass is 10.1. The van der Waals surface area contributed by atoms with E-state index in [2.05, 4.69) is 5.43 Å². The van der Waals surface area contributed by atoms with E-state index in [1.54, 1.807) is 12.1 Å². The Kier molecular flexibility index (Phi) is 3.71. The molecule has 2 aromatic rings. The summed E-state index contributed by atoms with van der Waals surface area (Å²) in [6.45, 7) is 0. The van der Waals surface area contributed by atoms with Gasteiger partial charge in [-0.15, -0.1) is 5.43 Å². The molecule has 0 aliphatic rings. The van der Waals surface area contributed by atoms with E-state index in [9.17, 15) is 10.1 Å². The fourth-order valence-corrected chi connectivity index (χ4v) is 1.59. The SMILES string of the molecule is O=[N+]([O-])Nc1ccccc1/C=C/c1ccccc1. The fraction of sp³-hybridized carbons (Fsp3) is 0. The van der Waals surface area contributed by atoms with E-state index in [-0.39, 0.29) is 0 Å². The Labute approximate surface area is 105 Å². The zero-order chi connectivity index (χ0) is 12.8. The number of hydrazine groups is 1. The topological polar surface area (TPSA) is 55.2 Å². The number of hydrogen-bond donors (Lipinski definition) is 1. The second-order valence-electron chi connectivity index (χ2n) is 3.70. The van der Waals surface area contributed by atoms with Crippen molar-refractivity contribution in [1.29, 1.82) is 0 Å². The minimum absolute atomic E-state index is 0.481. The van der Waals surface area contributed by atoms with Gasteiger partial charge in [0.15, 0.2) is 5.03 Å². The highest BCUT2D eigenvalue weighted by Gasteiger charge is 2.02. The van der Waals surface area contributed by atoms with Crippen LogP contribution >= 0.6 is 0 Å². The normalized spacial score (nSPS) is 10.4. The number of nitrogens with one attached hydrogen (secondary N) is 1. The molecule has 4 nitrogen and oxygen atoms in total. The van der Waals surface area contributed by atoms with Gasteiger partial charge in [-0.25, -0.2) is 10.1 Å². The summed E-state index contributed by atoms with van der Waals surface area (Å²) in [6.07, 6.45) is 3.77. The van der Waals surface area contributed by atoms with Gasteiger partial charge in [-0.3, -0.25) is 0 Å². The first-order valence-electron chi connectivity index (χ1n) is 5.49. The van der Waals surface area contributed by atoms with E-state index in [1.807, 2.05) is 54.6 Å². The van der Waals surface area contributed by atoms with Crippen molar-refractivity contribution >= 4 is 17.8 Å². The molecular weight excluding hydrogens is 228 g/mol. The maximum atomic E-state index is 10.5. The summed E-state index contributed by atoms with van der Waals surface area (Å²) < 4.78 is 0. The van der Waals surface area contributed by atoms with Crippen LogP contribution in [0.15, 0.2) is 54.6 Å². The highest BCUT2D eigenvalue weighted by Crippen LogP contribution is 2.17. The van der Waals surface area contributed by atoms with Gasteiger partial charge < -0.3 is 0 Å². The zero-order valence-corrected chi connectivity index (χ0v) is 9.61. The maximum absolute atomic E-state index is 10.5. The Bertz CT molecular complexity index is 565. The van der Waals surface area contributed by atoms with Crippen LogP contribution in [0, 0.1) is 10.1 Å². The quantitative estimate of drug-likeness (QED) is 0.506. The lowest BCUT2D eigenvalue weighted by Gasteiger charge is -2.01. The molecule has 0 aliphatic heterocycles. The van der Waals surface area contributed by atoms with Crippen molar-refractivity contribution in [1.82, 2.24) is 0 Å². The number of benzene rings is 2. The molecule has 0 atom stereocenters. The Morgan fingerprint density at radius 2 is 1.61 bits per heavy atom. The zero-order valence-electron chi connectivity index (χ0n) is 9.61. The largest absolute Gasteiger partial charge is 0.235 e. The van der Waals surface area contributed by atoms with Crippen molar-refractivity contribution in [3.8, 4) is 0 Å². The third kappa shape index (κ3) is 3.18. The first-order valence-corrected chi connectivity index (χ1v) is 5.49. The summed E-state index contributed by atoms with van der Waals surface area (Å²) in [5.74, 6) is 0. The van der Waals surface area contributed by atoms with E-state index in [0.717, 1.165) is 11.1 Å². The number of nitrogens with zero attached hydrogens (tertiary/aromatic N) is 1. The molecule has 0 saturated heterocycles. The Morgan fingerprint density at radius 3 is 2.33 bits per heavy atom. The molecule has 0 amide bonds. The predicted molar refractivity (Wildman–Crippen MR) is 72.4 cm³/mol. The molecule has 0 bridgehead atoms. The number of para-hydroxylation sites is 1. The van der Waals surface area contributed by atoms with E-state index >= 15 is 0 Å². The van der Waals surface area contributed by atoms with Crippen LogP contribution in [-0.2, 0) is 0 Å². The Hall–Kier alpha value is -2.62. The third-order valence-corrected chi connectivity index (χ3v) is 2.43. The standard InChI is InChI=1S/C14H12N2O2/c17-16(18)15-14-9-5-4-8-13(14)11-10-12-6-2-1-3-7-12/h1-11,15H/b11-10+. The average Bonchev–Trinajstić information content (AvgIpc) is 2.38. The summed E-state index contributed by atoms with van der Waals surface area (Å²) in [6, 6.07) is 16.9. The molecule has 0 spiro atoms. The average molecular weight is 240 g/mol. The van der Waals surface area contributed by atoms with Gasteiger partial charge >= 0.3 is 0 Å². The maximum Gasteiger partial charge on any atom is 0.162 e. The predicted octanol–water partition coefficient (Wildman–Crippen LogP) is 3.46. The smallest absolute Gasteiger partial charge is 0.162 e. The molecule has 90 valence electrons. The van der Waals surface area contributed by atoms with E-state index < -0.39 is 5.03 Å². The van der Waals surface area contributed by atoms with Crippen molar-refractivity contribution in [2.45, 2.75) is 0 Å². The van der Waals surface area contributed by atoms with E-state index in [0.29, 0.717) is 5.69 Å². The van der Waals surface area contributed by atoms with E-state index in [4.69, 9.17) is 0 Å². The summed E-state index contributed by atoms with van der Waals surface area (Å²) in [5.41, 5.74) is 4.49. The molecule has 0 fully saturated rings. The van der Waals surface area contributed by atoms with Crippen LogP contribution in [0.5, 0.6) is 0 Å². The van der Waals surface area contributed by atoms with Crippen molar-refractivity contribution < 1.29 is 5.03 Å². The number of hydrogen-bond acceptors (Lipinski definition) is 2. The fourth-order valence-electron chi connectivity index (χ4n) is 1.59. The van der Waals surface area contributed by atoms with Gasteiger partial charge in [-0.05, 0) is 11.6 Å². The lowest BCUT2D eigenvalue weighted by molar-refractivity contribution is -0.445. The molecule has 0 radical (unpaired) electrons. The third-order valence-electron chi connectivity index (χ3n) is 2.43. The molecule has 0 aliphatic carbocycles. The van der Waals surface area contributed by atoms with Gasteiger partial charge in [0.1, 0.15) is 5.69 Å². The lowest BCUT2D eigenvalue weighted by Crippen LogP contribution is -2.08. The first kappa shape index (κ1) is 11.9. The minimum Gasteiger partial charge on any atom is -0.235 e. The molecule has 0 saturated carbocycles. The highest BCUT2D eigenvalue weighted by atomic mass is 16.7. The summed E-state index contributed by atoms with van der Waals surface area (Å²) in [7, 11) is 0. The number of anilines is 1. The second-order valence-corrected chi connectivity index (χ2v) is 3.70. The van der Waals surface area contributed by atoms with E-state index in [1.165, 1.54) is 0 Å². The van der Waals surface area contributed by atoms with Gasteiger partial charge in [0, 0.05) is 5.56 Å². The van der Waals surface area contributed by atoms with Crippen LogP contribution in [0.25, 0.3) is 12.2 Å². The molecule has 0 aromatic heterocycles. The van der Waals surface area contributed by atoms with Gasteiger partial charge in [0.2, 0.25) is 0 Å². The molecule has 2 rings (SSSR count). The van der Waals surface area contributed by atoms with Gasteiger partial charge in [-0.1, -0.05) is 60.7 Å². The summed E-state index contributed by atoms with van der Waals surface area (Å²) >= 11 is 0.